The highest BCUT2D eigenvalue weighted by Crippen LogP contribution is 2.44. The normalized spacial score (nSPS) is 13.1. The van der Waals surface area contributed by atoms with Gasteiger partial charge in [0.05, 0.1) is 13.0 Å². The third kappa shape index (κ3) is 4.96. The molecule has 1 aliphatic rings. The number of benzene rings is 2. The molecule has 0 spiro atoms. The molecule has 3 N–H and O–H groups in total. The highest BCUT2D eigenvalue weighted by molar-refractivity contribution is 5.86. The number of methoxy groups -OCH3 is 1. The molecule has 0 fully saturated rings. The largest absolute Gasteiger partial charge is 0.481 e. The maximum absolute atomic E-state index is 12.3. The van der Waals surface area contributed by atoms with E-state index in [0.717, 1.165) is 22.3 Å². The van der Waals surface area contributed by atoms with Crippen LogP contribution in [0.2, 0.25) is 0 Å². The maximum atomic E-state index is 12.3. The van der Waals surface area contributed by atoms with Crippen LogP contribution in [0.4, 0.5) is 4.79 Å². The Hall–Kier alpha value is -3.39. The first kappa shape index (κ1) is 21.3. The van der Waals surface area contributed by atoms with E-state index < -0.39 is 24.0 Å². The van der Waals surface area contributed by atoms with Crippen molar-refractivity contribution in [3.63, 3.8) is 0 Å². The SMILES string of the molecule is COC[C@H](NC(=O)OCC1c2ccccc2-c2ccccc21)C(=O)NCCC(=O)O. The quantitative estimate of drug-likeness (QED) is 0.581. The molecular formula is C22H24N2O6. The van der Waals surface area contributed by atoms with E-state index in [1.54, 1.807) is 0 Å². The number of rotatable bonds is 9. The molecule has 8 heteroatoms. The highest BCUT2D eigenvalue weighted by atomic mass is 16.5. The van der Waals surface area contributed by atoms with Crippen molar-refractivity contribution in [2.75, 3.05) is 26.9 Å². The van der Waals surface area contributed by atoms with E-state index in [-0.39, 0.29) is 32.1 Å². The number of alkyl carbamates (subject to hydrolysis) is 1. The third-order valence-electron chi connectivity index (χ3n) is 4.92. The van der Waals surface area contributed by atoms with Crippen LogP contribution >= 0.6 is 0 Å². The smallest absolute Gasteiger partial charge is 0.407 e. The van der Waals surface area contributed by atoms with E-state index in [1.165, 1.54) is 7.11 Å². The summed E-state index contributed by atoms with van der Waals surface area (Å²) in [5, 5.41) is 13.6. The van der Waals surface area contributed by atoms with Crippen LogP contribution in [0.25, 0.3) is 11.1 Å². The number of carboxylic acids is 1. The van der Waals surface area contributed by atoms with Gasteiger partial charge in [0, 0.05) is 19.6 Å². The molecule has 3 rings (SSSR count). The minimum absolute atomic E-state index is 0.0409. The van der Waals surface area contributed by atoms with E-state index in [0.29, 0.717) is 0 Å². The summed E-state index contributed by atoms with van der Waals surface area (Å²) >= 11 is 0. The highest BCUT2D eigenvalue weighted by Gasteiger charge is 2.29. The van der Waals surface area contributed by atoms with Gasteiger partial charge in [-0.15, -0.1) is 0 Å². The topological polar surface area (TPSA) is 114 Å². The number of hydrogen-bond donors (Lipinski definition) is 3. The number of ether oxygens (including phenoxy) is 2. The van der Waals surface area contributed by atoms with Crippen molar-refractivity contribution in [3.05, 3.63) is 59.7 Å². The van der Waals surface area contributed by atoms with Gasteiger partial charge in [-0.05, 0) is 22.3 Å². The van der Waals surface area contributed by atoms with Gasteiger partial charge in [-0.25, -0.2) is 4.79 Å². The average Bonchev–Trinajstić information content (AvgIpc) is 3.05. The van der Waals surface area contributed by atoms with Crippen LogP contribution in [0.1, 0.15) is 23.5 Å². The Morgan fingerprint density at radius 1 is 1.03 bits per heavy atom. The van der Waals surface area contributed by atoms with Gasteiger partial charge < -0.3 is 25.2 Å². The van der Waals surface area contributed by atoms with Crippen molar-refractivity contribution < 1.29 is 29.0 Å². The zero-order valence-corrected chi connectivity index (χ0v) is 16.6. The van der Waals surface area contributed by atoms with Crippen LogP contribution in [0.15, 0.2) is 48.5 Å². The Bertz CT molecular complexity index is 884. The molecule has 30 heavy (non-hydrogen) atoms. The number of carbonyl (C=O) groups excluding carboxylic acids is 2. The van der Waals surface area contributed by atoms with Gasteiger partial charge in [0.25, 0.3) is 0 Å². The predicted octanol–water partition coefficient (Wildman–Crippen LogP) is 2.13. The fourth-order valence-corrected chi connectivity index (χ4v) is 3.55. The Morgan fingerprint density at radius 3 is 2.20 bits per heavy atom. The molecular weight excluding hydrogens is 388 g/mol. The summed E-state index contributed by atoms with van der Waals surface area (Å²) in [6.07, 6.45) is -0.955. The van der Waals surface area contributed by atoms with Crippen LogP contribution in [-0.4, -0.2) is 56.0 Å². The van der Waals surface area contributed by atoms with Gasteiger partial charge in [-0.1, -0.05) is 48.5 Å². The van der Waals surface area contributed by atoms with Crippen LogP contribution in [0.3, 0.4) is 0 Å². The minimum Gasteiger partial charge on any atom is -0.481 e. The predicted molar refractivity (Wildman–Crippen MR) is 109 cm³/mol. The van der Waals surface area contributed by atoms with Crippen LogP contribution in [0.5, 0.6) is 0 Å². The fourth-order valence-electron chi connectivity index (χ4n) is 3.55. The van der Waals surface area contributed by atoms with E-state index in [1.807, 2.05) is 48.5 Å². The van der Waals surface area contributed by atoms with E-state index >= 15 is 0 Å². The van der Waals surface area contributed by atoms with E-state index in [4.69, 9.17) is 14.6 Å². The molecule has 0 saturated carbocycles. The van der Waals surface area contributed by atoms with Crippen molar-refractivity contribution in [2.24, 2.45) is 0 Å². The molecule has 158 valence electrons. The Morgan fingerprint density at radius 2 is 1.63 bits per heavy atom. The van der Waals surface area contributed by atoms with Crippen LogP contribution < -0.4 is 10.6 Å². The summed E-state index contributed by atoms with van der Waals surface area (Å²) in [4.78, 5) is 35.1. The second kappa shape index (κ2) is 9.89. The third-order valence-corrected chi connectivity index (χ3v) is 4.92. The molecule has 2 aromatic rings. The van der Waals surface area contributed by atoms with E-state index in [9.17, 15) is 14.4 Å². The number of nitrogens with one attached hydrogen (secondary N) is 2. The molecule has 0 radical (unpaired) electrons. The molecule has 2 aromatic carbocycles. The lowest BCUT2D eigenvalue weighted by Crippen LogP contribution is -2.49. The lowest BCUT2D eigenvalue weighted by molar-refractivity contribution is -0.137. The fraction of sp³-hybridized carbons (Fsp3) is 0.318. The first-order valence-electron chi connectivity index (χ1n) is 9.61. The second-order valence-electron chi connectivity index (χ2n) is 6.91. The van der Waals surface area contributed by atoms with Crippen LogP contribution in [-0.2, 0) is 19.1 Å². The first-order chi connectivity index (χ1) is 14.5. The Balaban J connectivity index is 1.60. The maximum Gasteiger partial charge on any atom is 0.407 e. The van der Waals surface area contributed by atoms with Crippen molar-refractivity contribution in [3.8, 4) is 11.1 Å². The molecule has 0 heterocycles. The molecule has 0 unspecified atom stereocenters. The summed E-state index contributed by atoms with van der Waals surface area (Å²) in [6.45, 7) is 0.0179. The monoisotopic (exact) mass is 412 g/mol. The summed E-state index contributed by atoms with van der Waals surface area (Å²) in [6, 6.07) is 15.0. The lowest BCUT2D eigenvalue weighted by Gasteiger charge is -2.19. The molecule has 0 bridgehead atoms. The van der Waals surface area contributed by atoms with Gasteiger partial charge in [0.1, 0.15) is 12.6 Å². The number of amides is 2. The van der Waals surface area contributed by atoms with Crippen molar-refractivity contribution in [1.82, 2.24) is 10.6 Å². The van der Waals surface area contributed by atoms with Gasteiger partial charge in [0.15, 0.2) is 0 Å². The van der Waals surface area contributed by atoms with Crippen molar-refractivity contribution in [1.29, 1.82) is 0 Å². The summed E-state index contributed by atoms with van der Waals surface area (Å²) in [5.41, 5.74) is 4.42. The number of aliphatic carboxylic acids is 1. The standard InChI is InChI=1S/C22H24N2O6/c1-29-13-19(21(27)23-11-10-20(25)26)24-22(28)30-12-18-16-8-4-2-6-14(16)15-7-3-5-9-17(15)18/h2-9,18-19H,10-13H2,1H3,(H,23,27)(H,24,28)(H,25,26)/t19-/m0/s1. The first-order valence-corrected chi connectivity index (χ1v) is 9.61. The van der Waals surface area contributed by atoms with Gasteiger partial charge >= 0.3 is 12.1 Å². The Labute approximate surface area is 174 Å². The lowest BCUT2D eigenvalue weighted by atomic mass is 9.98. The molecule has 2 amide bonds. The number of carboxylic acid groups (broad SMARTS) is 1. The molecule has 1 atom stereocenters. The molecule has 8 nitrogen and oxygen atoms in total. The van der Waals surface area contributed by atoms with Crippen molar-refractivity contribution >= 4 is 18.0 Å². The average molecular weight is 412 g/mol. The second-order valence-corrected chi connectivity index (χ2v) is 6.91. The number of carbonyl (C=O) groups is 3. The van der Waals surface area contributed by atoms with Gasteiger partial charge in [0.2, 0.25) is 5.91 Å². The summed E-state index contributed by atoms with van der Waals surface area (Å²) in [7, 11) is 1.40. The van der Waals surface area contributed by atoms with Gasteiger partial charge in [-0.2, -0.15) is 0 Å². The molecule has 1 aliphatic carbocycles. The summed E-state index contributed by atoms with van der Waals surface area (Å²) in [5.74, 6) is -1.65. The van der Waals surface area contributed by atoms with E-state index in [2.05, 4.69) is 10.6 Å². The number of fused-ring (bicyclic) bond motifs is 3. The molecule has 0 aliphatic heterocycles. The Kier molecular flexibility index (Phi) is 7.03. The van der Waals surface area contributed by atoms with Crippen molar-refractivity contribution in [2.45, 2.75) is 18.4 Å². The zero-order chi connectivity index (χ0) is 21.5. The zero-order valence-electron chi connectivity index (χ0n) is 16.6. The summed E-state index contributed by atoms with van der Waals surface area (Å²) < 4.78 is 10.4. The number of hydrogen-bond acceptors (Lipinski definition) is 5. The molecule has 0 saturated heterocycles. The van der Waals surface area contributed by atoms with Gasteiger partial charge in [-0.3, -0.25) is 9.59 Å². The van der Waals surface area contributed by atoms with Crippen LogP contribution in [0, 0.1) is 0 Å². The molecule has 0 aromatic heterocycles. The minimum atomic E-state index is -1.02.